The minimum absolute atomic E-state index is 0.0512. The van der Waals surface area contributed by atoms with Crippen LogP contribution in [0.3, 0.4) is 0 Å². The topological polar surface area (TPSA) is 80.4 Å². The largest absolute Gasteiger partial charge is 0.287 e. The third kappa shape index (κ3) is 4.54. The first kappa shape index (κ1) is 14.4. The maximum Gasteiger partial charge on any atom is 0.287 e. The number of nitrogens with one attached hydrogen (secondary N) is 1. The monoisotopic (exact) mass is 282 g/mol. The Kier molecular flexibility index (Phi) is 4.76. The second-order valence-electron chi connectivity index (χ2n) is 4.33. The minimum atomic E-state index is -0.493. The molecule has 1 heterocycles. The Bertz CT molecular complexity index is 664. The molecule has 2 rings (SSSR count). The molecule has 0 atom stereocenters. The van der Waals surface area contributed by atoms with Gasteiger partial charge in [0.2, 0.25) is 0 Å². The Morgan fingerprint density at radius 1 is 1.29 bits per heavy atom. The normalized spacial score (nSPS) is 11.6. The molecule has 6 nitrogen and oxygen atoms in total. The Morgan fingerprint density at radius 3 is 2.67 bits per heavy atom. The van der Waals surface area contributed by atoms with E-state index in [0.29, 0.717) is 5.82 Å². The average Bonchev–Trinajstić information content (AvgIpc) is 2.49. The molecule has 0 unspecified atom stereocenters. The molecule has 0 aliphatic carbocycles. The minimum Gasteiger partial charge on any atom is -0.261 e. The number of hydrazone groups is 1. The lowest BCUT2D eigenvalue weighted by atomic mass is 10.1. The van der Waals surface area contributed by atoms with Crippen molar-refractivity contribution in [2.45, 2.75) is 6.92 Å². The van der Waals surface area contributed by atoms with Crippen molar-refractivity contribution >= 4 is 23.8 Å². The van der Waals surface area contributed by atoms with Crippen molar-refractivity contribution in [3.8, 4) is 0 Å². The van der Waals surface area contributed by atoms with E-state index in [2.05, 4.69) is 15.5 Å². The fraction of sp³-hybridized carbons (Fsp3) is 0.0667. The predicted molar refractivity (Wildman–Crippen MR) is 83.1 cm³/mol. The Labute approximate surface area is 122 Å². The van der Waals surface area contributed by atoms with Crippen LogP contribution in [0.4, 0.5) is 11.5 Å². The van der Waals surface area contributed by atoms with Gasteiger partial charge in [-0.3, -0.25) is 15.5 Å². The molecule has 1 N–H and O–H groups in total. The van der Waals surface area contributed by atoms with Crippen LogP contribution in [0.15, 0.2) is 59.3 Å². The molecule has 1 aromatic heterocycles. The first-order valence-corrected chi connectivity index (χ1v) is 6.28. The number of nitrogens with zero attached hydrogens (tertiary/aromatic N) is 3. The van der Waals surface area contributed by atoms with Crippen LogP contribution in [0.25, 0.3) is 6.08 Å². The molecule has 0 radical (unpaired) electrons. The molecule has 0 aliphatic heterocycles. The number of anilines is 1. The highest BCUT2D eigenvalue weighted by molar-refractivity contribution is 5.85. The van der Waals surface area contributed by atoms with Crippen LogP contribution in [-0.2, 0) is 0 Å². The highest BCUT2D eigenvalue weighted by atomic mass is 16.6. The molecule has 0 saturated heterocycles. The molecular formula is C15H14N4O2. The maximum absolute atomic E-state index is 10.5. The summed E-state index contributed by atoms with van der Waals surface area (Å²) < 4.78 is 0. The third-order valence-corrected chi connectivity index (χ3v) is 2.60. The molecule has 106 valence electrons. The van der Waals surface area contributed by atoms with Crippen LogP contribution in [0.1, 0.15) is 12.5 Å². The number of pyridine rings is 1. The van der Waals surface area contributed by atoms with Gasteiger partial charge in [0.25, 0.3) is 5.69 Å². The average molecular weight is 282 g/mol. The van der Waals surface area contributed by atoms with E-state index in [1.807, 2.05) is 43.3 Å². The number of hydrogen-bond donors (Lipinski definition) is 1. The molecule has 0 bridgehead atoms. The molecule has 0 fully saturated rings. The van der Waals surface area contributed by atoms with Gasteiger partial charge in [-0.05, 0) is 24.1 Å². The highest BCUT2D eigenvalue weighted by Gasteiger charge is 2.04. The summed E-state index contributed by atoms with van der Waals surface area (Å²) >= 11 is 0. The zero-order chi connectivity index (χ0) is 15.1. The lowest BCUT2D eigenvalue weighted by Gasteiger charge is -1.98. The van der Waals surface area contributed by atoms with E-state index < -0.39 is 4.92 Å². The molecule has 6 heteroatoms. The van der Waals surface area contributed by atoms with Gasteiger partial charge in [-0.2, -0.15) is 5.10 Å². The van der Waals surface area contributed by atoms with Gasteiger partial charge in [0.05, 0.1) is 11.1 Å². The number of benzene rings is 1. The fourth-order valence-electron chi connectivity index (χ4n) is 1.61. The molecular weight excluding hydrogens is 268 g/mol. The smallest absolute Gasteiger partial charge is 0.261 e. The Morgan fingerprint density at radius 2 is 2.05 bits per heavy atom. The summed E-state index contributed by atoms with van der Waals surface area (Å²) in [6.45, 7) is 1.93. The standard InChI is InChI=1S/C15H14N4O2/c1-12(9-13-5-3-2-4-6-13)10-17-18-15-8-7-14(11-16-15)19(20)21/h2-11H,1H3,(H,16,18)/b12-9-,17-10-. The Hall–Kier alpha value is -3.02. The second kappa shape index (κ2) is 6.95. The lowest BCUT2D eigenvalue weighted by molar-refractivity contribution is -0.385. The van der Waals surface area contributed by atoms with Crippen molar-refractivity contribution in [2.24, 2.45) is 5.10 Å². The van der Waals surface area contributed by atoms with Crippen molar-refractivity contribution in [2.75, 3.05) is 5.43 Å². The van der Waals surface area contributed by atoms with E-state index in [1.165, 1.54) is 18.3 Å². The van der Waals surface area contributed by atoms with E-state index in [4.69, 9.17) is 0 Å². The molecule has 2 aromatic rings. The summed E-state index contributed by atoms with van der Waals surface area (Å²) in [6, 6.07) is 12.8. The second-order valence-corrected chi connectivity index (χ2v) is 4.33. The summed E-state index contributed by atoms with van der Waals surface area (Å²) in [5.74, 6) is 0.448. The van der Waals surface area contributed by atoms with Crippen LogP contribution in [-0.4, -0.2) is 16.1 Å². The summed E-state index contributed by atoms with van der Waals surface area (Å²) in [7, 11) is 0. The maximum atomic E-state index is 10.5. The van der Waals surface area contributed by atoms with E-state index in [-0.39, 0.29) is 5.69 Å². The van der Waals surface area contributed by atoms with Gasteiger partial charge < -0.3 is 0 Å². The Balaban J connectivity index is 1.95. The van der Waals surface area contributed by atoms with E-state index in [0.717, 1.165) is 11.1 Å². The zero-order valence-electron chi connectivity index (χ0n) is 11.4. The van der Waals surface area contributed by atoms with Crippen LogP contribution >= 0.6 is 0 Å². The zero-order valence-corrected chi connectivity index (χ0v) is 11.4. The van der Waals surface area contributed by atoms with E-state index >= 15 is 0 Å². The number of rotatable bonds is 5. The first-order chi connectivity index (χ1) is 10.1. The fourth-order valence-corrected chi connectivity index (χ4v) is 1.61. The quantitative estimate of drug-likeness (QED) is 0.517. The molecule has 0 spiro atoms. The van der Waals surface area contributed by atoms with Crippen molar-refractivity contribution in [3.05, 3.63) is 69.9 Å². The van der Waals surface area contributed by atoms with Crippen LogP contribution in [0, 0.1) is 10.1 Å². The lowest BCUT2D eigenvalue weighted by Crippen LogP contribution is -1.94. The third-order valence-electron chi connectivity index (χ3n) is 2.60. The molecule has 0 amide bonds. The van der Waals surface area contributed by atoms with Crippen LogP contribution < -0.4 is 5.43 Å². The van der Waals surface area contributed by atoms with E-state index in [1.54, 1.807) is 6.21 Å². The summed E-state index contributed by atoms with van der Waals surface area (Å²) in [6.07, 6.45) is 4.84. The van der Waals surface area contributed by atoms with Crippen molar-refractivity contribution < 1.29 is 4.92 Å². The summed E-state index contributed by atoms with van der Waals surface area (Å²) in [5, 5.41) is 14.5. The number of aromatic nitrogens is 1. The van der Waals surface area contributed by atoms with Crippen molar-refractivity contribution in [1.82, 2.24) is 4.98 Å². The van der Waals surface area contributed by atoms with Crippen LogP contribution in [0.5, 0.6) is 0 Å². The number of allylic oxidation sites excluding steroid dienone is 1. The molecule has 1 aromatic carbocycles. The van der Waals surface area contributed by atoms with Gasteiger partial charge in [0, 0.05) is 6.07 Å². The predicted octanol–water partition coefficient (Wildman–Crippen LogP) is 3.49. The SMILES string of the molecule is CC(/C=N\Nc1ccc([N+](=O)[O-])cn1)=C/c1ccccc1. The molecule has 0 aliphatic rings. The number of nitro groups is 1. The number of hydrogen-bond acceptors (Lipinski definition) is 5. The van der Waals surface area contributed by atoms with Gasteiger partial charge in [0.15, 0.2) is 0 Å². The molecule has 21 heavy (non-hydrogen) atoms. The van der Waals surface area contributed by atoms with Crippen molar-refractivity contribution in [3.63, 3.8) is 0 Å². The van der Waals surface area contributed by atoms with Crippen molar-refractivity contribution in [1.29, 1.82) is 0 Å². The molecule has 0 saturated carbocycles. The van der Waals surface area contributed by atoms with Gasteiger partial charge >= 0.3 is 0 Å². The summed E-state index contributed by atoms with van der Waals surface area (Å²) in [4.78, 5) is 13.9. The van der Waals surface area contributed by atoms with Gasteiger partial charge in [-0.1, -0.05) is 36.4 Å². The van der Waals surface area contributed by atoms with E-state index in [9.17, 15) is 10.1 Å². The highest BCUT2D eigenvalue weighted by Crippen LogP contribution is 2.11. The van der Waals surface area contributed by atoms with Gasteiger partial charge in [0.1, 0.15) is 12.0 Å². The van der Waals surface area contributed by atoms with Crippen LogP contribution in [0.2, 0.25) is 0 Å². The summed E-state index contributed by atoms with van der Waals surface area (Å²) in [5.41, 5.74) is 4.73. The van der Waals surface area contributed by atoms with Gasteiger partial charge in [-0.25, -0.2) is 4.98 Å². The first-order valence-electron chi connectivity index (χ1n) is 6.28. The van der Waals surface area contributed by atoms with Gasteiger partial charge in [-0.15, -0.1) is 0 Å².